The van der Waals surface area contributed by atoms with Crippen LogP contribution in [0.25, 0.3) is 0 Å². The maximum absolute atomic E-state index is 13.0. The van der Waals surface area contributed by atoms with E-state index in [-0.39, 0.29) is 11.5 Å². The van der Waals surface area contributed by atoms with Crippen molar-refractivity contribution in [3.05, 3.63) is 17.0 Å². The Morgan fingerprint density at radius 3 is 2.43 bits per heavy atom. The first kappa shape index (κ1) is 21.8. The number of hydrogen-bond acceptors (Lipinski definition) is 6. The van der Waals surface area contributed by atoms with Crippen molar-refractivity contribution in [2.75, 3.05) is 52.4 Å². The van der Waals surface area contributed by atoms with E-state index in [4.69, 9.17) is 9.26 Å². The van der Waals surface area contributed by atoms with Crippen molar-refractivity contribution < 1.29 is 14.1 Å². The monoisotopic (exact) mass is 418 g/mol. The third-order valence-corrected chi connectivity index (χ3v) is 7.22. The molecule has 0 radical (unpaired) electrons. The highest BCUT2D eigenvalue weighted by Gasteiger charge is 2.43. The fourth-order valence-corrected chi connectivity index (χ4v) is 5.55. The number of aryl methyl sites for hydroxylation is 2. The van der Waals surface area contributed by atoms with Crippen molar-refractivity contribution in [1.82, 2.24) is 19.9 Å². The van der Waals surface area contributed by atoms with Gasteiger partial charge < -0.3 is 19.1 Å². The SMILES string of the molecule is Cc1noc(C)c1C(=O)N1CCC2(CC1)CC(N1CCN(CC(C)C)CC1)CCO2. The van der Waals surface area contributed by atoms with Crippen LogP contribution < -0.4 is 0 Å². The van der Waals surface area contributed by atoms with Gasteiger partial charge >= 0.3 is 0 Å². The highest BCUT2D eigenvalue weighted by molar-refractivity contribution is 5.96. The summed E-state index contributed by atoms with van der Waals surface area (Å²) < 4.78 is 11.6. The summed E-state index contributed by atoms with van der Waals surface area (Å²) in [5.41, 5.74) is 1.25. The Morgan fingerprint density at radius 1 is 1.13 bits per heavy atom. The van der Waals surface area contributed by atoms with Gasteiger partial charge in [-0.2, -0.15) is 0 Å². The Balaban J connectivity index is 1.31. The lowest BCUT2D eigenvalue weighted by Crippen LogP contribution is -2.57. The molecule has 1 atom stereocenters. The molecule has 0 bridgehead atoms. The van der Waals surface area contributed by atoms with Crippen LogP contribution in [0.1, 0.15) is 61.3 Å². The number of nitrogens with zero attached hydrogens (tertiary/aromatic N) is 4. The molecule has 1 aromatic heterocycles. The van der Waals surface area contributed by atoms with Crippen molar-refractivity contribution in [2.24, 2.45) is 5.92 Å². The molecule has 0 aliphatic carbocycles. The van der Waals surface area contributed by atoms with Crippen LogP contribution in [0.5, 0.6) is 0 Å². The van der Waals surface area contributed by atoms with Crippen LogP contribution in [0.15, 0.2) is 4.52 Å². The average molecular weight is 419 g/mol. The lowest BCUT2D eigenvalue weighted by atomic mass is 9.81. The third-order valence-electron chi connectivity index (χ3n) is 7.22. The molecule has 3 fully saturated rings. The first-order valence-corrected chi connectivity index (χ1v) is 11.7. The van der Waals surface area contributed by atoms with Crippen molar-refractivity contribution in [3.63, 3.8) is 0 Å². The van der Waals surface area contributed by atoms with Crippen molar-refractivity contribution in [3.8, 4) is 0 Å². The molecule has 1 unspecified atom stereocenters. The minimum atomic E-state index is -0.0620. The van der Waals surface area contributed by atoms with Gasteiger partial charge in [0.05, 0.1) is 11.3 Å². The van der Waals surface area contributed by atoms with E-state index >= 15 is 0 Å². The summed E-state index contributed by atoms with van der Waals surface area (Å²) in [6.45, 7) is 16.5. The Hall–Kier alpha value is -1.44. The highest BCUT2D eigenvalue weighted by Crippen LogP contribution is 2.37. The Morgan fingerprint density at radius 2 is 1.83 bits per heavy atom. The molecular weight excluding hydrogens is 380 g/mol. The van der Waals surface area contributed by atoms with Gasteiger partial charge in [0, 0.05) is 58.5 Å². The quantitative estimate of drug-likeness (QED) is 0.749. The van der Waals surface area contributed by atoms with E-state index in [0.29, 0.717) is 23.1 Å². The molecule has 7 heteroatoms. The Bertz CT molecular complexity index is 711. The van der Waals surface area contributed by atoms with Crippen molar-refractivity contribution in [1.29, 1.82) is 0 Å². The predicted octanol–water partition coefficient (Wildman–Crippen LogP) is 2.72. The van der Waals surface area contributed by atoms with Crippen LogP contribution in [0.2, 0.25) is 0 Å². The van der Waals surface area contributed by atoms with Crippen molar-refractivity contribution >= 4 is 5.91 Å². The zero-order valence-electron chi connectivity index (χ0n) is 19.2. The smallest absolute Gasteiger partial charge is 0.259 e. The second kappa shape index (κ2) is 8.97. The van der Waals surface area contributed by atoms with Gasteiger partial charge in [-0.15, -0.1) is 0 Å². The number of likely N-dealkylation sites (tertiary alicyclic amines) is 1. The van der Waals surface area contributed by atoms with Gasteiger partial charge in [0.2, 0.25) is 0 Å². The normalized spacial score (nSPS) is 25.9. The Labute approximate surface area is 180 Å². The van der Waals surface area contributed by atoms with Crippen LogP contribution in [0, 0.1) is 19.8 Å². The molecule has 7 nitrogen and oxygen atoms in total. The fourth-order valence-electron chi connectivity index (χ4n) is 5.55. The summed E-state index contributed by atoms with van der Waals surface area (Å²) in [4.78, 5) is 20.2. The summed E-state index contributed by atoms with van der Waals surface area (Å²) in [5, 5.41) is 3.94. The van der Waals surface area contributed by atoms with E-state index in [1.165, 1.54) is 32.7 Å². The predicted molar refractivity (Wildman–Crippen MR) is 116 cm³/mol. The number of ether oxygens (including phenoxy) is 1. The molecule has 4 heterocycles. The zero-order chi connectivity index (χ0) is 21.3. The first-order chi connectivity index (χ1) is 14.4. The van der Waals surface area contributed by atoms with Crippen LogP contribution in [0.4, 0.5) is 0 Å². The Kier molecular flexibility index (Phi) is 6.51. The molecule has 1 spiro atoms. The second-order valence-electron chi connectivity index (χ2n) is 9.90. The third kappa shape index (κ3) is 4.58. The molecule has 168 valence electrons. The molecule has 3 saturated heterocycles. The largest absolute Gasteiger partial charge is 0.375 e. The summed E-state index contributed by atoms with van der Waals surface area (Å²) in [6.07, 6.45) is 4.08. The number of rotatable bonds is 4. The maximum Gasteiger partial charge on any atom is 0.259 e. The molecule has 30 heavy (non-hydrogen) atoms. The molecule has 0 saturated carbocycles. The number of carbonyl (C=O) groups is 1. The minimum absolute atomic E-state index is 0.0507. The van der Waals surface area contributed by atoms with Crippen LogP contribution in [-0.2, 0) is 4.74 Å². The van der Waals surface area contributed by atoms with Crippen LogP contribution in [0.3, 0.4) is 0 Å². The molecule has 4 rings (SSSR count). The number of hydrogen-bond donors (Lipinski definition) is 0. The first-order valence-electron chi connectivity index (χ1n) is 11.7. The summed E-state index contributed by atoms with van der Waals surface area (Å²) in [6, 6.07) is 0.616. The van der Waals surface area contributed by atoms with E-state index in [2.05, 4.69) is 28.8 Å². The van der Waals surface area contributed by atoms with Gasteiger partial charge in [-0.3, -0.25) is 9.69 Å². The summed E-state index contributed by atoms with van der Waals surface area (Å²) >= 11 is 0. The van der Waals surface area contributed by atoms with E-state index in [1.54, 1.807) is 0 Å². The molecule has 1 aromatic rings. The van der Waals surface area contributed by atoms with Gasteiger partial charge in [-0.25, -0.2) is 0 Å². The molecule has 0 N–H and O–H groups in total. The number of carbonyl (C=O) groups excluding carboxylic acids is 1. The van der Waals surface area contributed by atoms with E-state index in [0.717, 1.165) is 51.3 Å². The summed E-state index contributed by atoms with van der Waals surface area (Å²) in [5.74, 6) is 1.40. The van der Waals surface area contributed by atoms with E-state index in [1.807, 2.05) is 18.7 Å². The minimum Gasteiger partial charge on any atom is -0.375 e. The van der Waals surface area contributed by atoms with E-state index < -0.39 is 0 Å². The number of amides is 1. The van der Waals surface area contributed by atoms with Gasteiger partial charge in [0.25, 0.3) is 5.91 Å². The van der Waals surface area contributed by atoms with Crippen LogP contribution in [-0.4, -0.2) is 89.8 Å². The van der Waals surface area contributed by atoms with Gasteiger partial charge in [0.1, 0.15) is 11.3 Å². The van der Waals surface area contributed by atoms with Crippen LogP contribution >= 0.6 is 0 Å². The summed E-state index contributed by atoms with van der Waals surface area (Å²) in [7, 11) is 0. The lowest BCUT2D eigenvalue weighted by Gasteiger charge is -2.49. The van der Waals surface area contributed by atoms with Gasteiger partial charge in [-0.05, 0) is 45.4 Å². The average Bonchev–Trinajstić information content (AvgIpc) is 3.06. The zero-order valence-corrected chi connectivity index (χ0v) is 19.2. The molecule has 0 aromatic carbocycles. The van der Waals surface area contributed by atoms with Crippen molar-refractivity contribution in [2.45, 2.75) is 65.0 Å². The molecule has 3 aliphatic rings. The molecular formula is C23H38N4O3. The standard InChI is InChI=1S/C23H38N4O3/c1-17(2)16-25-10-12-26(13-11-25)20-5-14-29-23(15-20)6-8-27(9-7-23)22(28)21-18(3)24-30-19(21)4/h17,20H,5-16H2,1-4H3. The van der Waals surface area contributed by atoms with E-state index in [9.17, 15) is 4.79 Å². The highest BCUT2D eigenvalue weighted by atomic mass is 16.5. The second-order valence-corrected chi connectivity index (χ2v) is 9.90. The number of piperazine rings is 1. The lowest BCUT2D eigenvalue weighted by molar-refractivity contribution is -0.132. The number of piperidine rings is 1. The van der Waals surface area contributed by atoms with Gasteiger partial charge in [-0.1, -0.05) is 19.0 Å². The fraction of sp³-hybridized carbons (Fsp3) is 0.826. The molecule has 3 aliphatic heterocycles. The number of aromatic nitrogens is 1. The molecule has 1 amide bonds. The van der Waals surface area contributed by atoms with Gasteiger partial charge in [0.15, 0.2) is 0 Å². The maximum atomic E-state index is 13.0. The topological polar surface area (TPSA) is 62.1 Å².